The number of ether oxygens (including phenoxy) is 2. The molecule has 0 aromatic heterocycles. The minimum absolute atomic E-state index is 0. The molecule has 0 amide bonds. The van der Waals surface area contributed by atoms with Crippen molar-refractivity contribution in [2.45, 2.75) is 18.9 Å². The van der Waals surface area contributed by atoms with Gasteiger partial charge in [0.15, 0.2) is 0 Å². The van der Waals surface area contributed by atoms with Crippen molar-refractivity contribution < 1.29 is 13.9 Å². The third-order valence-corrected chi connectivity index (χ3v) is 3.81. The van der Waals surface area contributed by atoms with Gasteiger partial charge in [0, 0.05) is 17.7 Å². The molecule has 1 aliphatic heterocycles. The first-order valence-corrected chi connectivity index (χ1v) is 7.05. The van der Waals surface area contributed by atoms with E-state index in [0.717, 1.165) is 35.3 Å². The maximum Gasteiger partial charge on any atom is 0.131 e. The van der Waals surface area contributed by atoms with Crippen LogP contribution in [-0.4, -0.2) is 19.8 Å². The maximum absolute atomic E-state index is 13.9. The summed E-state index contributed by atoms with van der Waals surface area (Å²) in [7, 11) is 1.61. The van der Waals surface area contributed by atoms with Crippen molar-refractivity contribution in [1.29, 1.82) is 0 Å². The number of methoxy groups -OCH3 is 1. The molecular formula is C17H19ClFNO2. The van der Waals surface area contributed by atoms with Gasteiger partial charge < -0.3 is 15.2 Å². The van der Waals surface area contributed by atoms with Crippen LogP contribution in [-0.2, 0) is 6.42 Å². The number of nitrogens with two attached hydrogens (primary N) is 1. The summed E-state index contributed by atoms with van der Waals surface area (Å²) in [5.74, 6) is 1.16. The Bertz CT molecular complexity index is 663. The second-order valence-corrected chi connectivity index (χ2v) is 5.16. The van der Waals surface area contributed by atoms with E-state index in [1.807, 2.05) is 24.3 Å². The Balaban J connectivity index is 0.00000176. The van der Waals surface area contributed by atoms with Gasteiger partial charge in [0.05, 0.1) is 7.11 Å². The molecule has 0 spiro atoms. The van der Waals surface area contributed by atoms with Gasteiger partial charge in [-0.1, -0.05) is 18.2 Å². The molecule has 118 valence electrons. The quantitative estimate of drug-likeness (QED) is 0.939. The van der Waals surface area contributed by atoms with Crippen molar-refractivity contribution in [2.75, 3.05) is 13.7 Å². The van der Waals surface area contributed by atoms with Crippen LogP contribution in [0.2, 0.25) is 0 Å². The second kappa shape index (κ2) is 6.99. The summed E-state index contributed by atoms with van der Waals surface area (Å²) in [4.78, 5) is 0. The Morgan fingerprint density at radius 2 is 2.05 bits per heavy atom. The number of hydrogen-bond donors (Lipinski definition) is 1. The lowest BCUT2D eigenvalue weighted by Gasteiger charge is -2.27. The fourth-order valence-electron chi connectivity index (χ4n) is 2.75. The summed E-state index contributed by atoms with van der Waals surface area (Å²) in [6.45, 7) is 0.460. The Hall–Kier alpha value is -1.78. The van der Waals surface area contributed by atoms with Crippen LogP contribution in [0, 0.1) is 5.82 Å². The minimum Gasteiger partial charge on any atom is -0.496 e. The lowest BCUT2D eigenvalue weighted by molar-refractivity contribution is 0.182. The molecule has 2 N–H and O–H groups in total. The minimum atomic E-state index is -0.260. The zero-order valence-electron chi connectivity index (χ0n) is 12.3. The Morgan fingerprint density at radius 3 is 2.77 bits per heavy atom. The molecule has 0 saturated heterocycles. The summed E-state index contributed by atoms with van der Waals surface area (Å²) in [6, 6.07) is 10.6. The molecule has 1 aliphatic rings. The van der Waals surface area contributed by atoms with Crippen LogP contribution in [0.4, 0.5) is 4.39 Å². The van der Waals surface area contributed by atoms with Gasteiger partial charge in [-0.2, -0.15) is 0 Å². The molecule has 3 rings (SSSR count). The van der Waals surface area contributed by atoms with E-state index in [9.17, 15) is 4.39 Å². The van der Waals surface area contributed by atoms with Crippen LogP contribution >= 0.6 is 12.4 Å². The molecule has 0 saturated carbocycles. The fraction of sp³-hybridized carbons (Fsp3) is 0.294. The number of aryl methyl sites for hydroxylation is 1. The Kier molecular flexibility index (Phi) is 5.27. The largest absolute Gasteiger partial charge is 0.496 e. The first-order valence-electron chi connectivity index (χ1n) is 7.05. The van der Waals surface area contributed by atoms with Gasteiger partial charge in [0.25, 0.3) is 0 Å². The van der Waals surface area contributed by atoms with Gasteiger partial charge in [-0.15, -0.1) is 12.4 Å². The zero-order valence-corrected chi connectivity index (χ0v) is 13.2. The lowest BCUT2D eigenvalue weighted by atomic mass is 9.95. The standard InChI is InChI=1S/C17H18FNO2.ClH/c1-20-16-5-3-2-4-14(16)15-9-12(18)8-11-6-7-13(10-19)21-17(11)15;/h2-5,8-9,13H,6-7,10,19H2,1H3;1H/t13-;/m1./s1. The molecule has 0 radical (unpaired) electrons. The molecule has 1 heterocycles. The van der Waals surface area contributed by atoms with E-state index in [1.54, 1.807) is 13.2 Å². The highest BCUT2D eigenvalue weighted by Gasteiger charge is 2.24. The first kappa shape index (κ1) is 16.6. The van der Waals surface area contributed by atoms with Crippen molar-refractivity contribution in [3.05, 3.63) is 47.8 Å². The first-order chi connectivity index (χ1) is 10.2. The van der Waals surface area contributed by atoms with Gasteiger partial charge in [-0.25, -0.2) is 4.39 Å². The van der Waals surface area contributed by atoms with Crippen LogP contribution in [0.25, 0.3) is 11.1 Å². The Morgan fingerprint density at radius 1 is 1.27 bits per heavy atom. The highest BCUT2D eigenvalue weighted by Crippen LogP contribution is 2.41. The van der Waals surface area contributed by atoms with Crippen molar-refractivity contribution in [2.24, 2.45) is 5.73 Å². The lowest BCUT2D eigenvalue weighted by Crippen LogP contribution is -2.30. The molecular weight excluding hydrogens is 305 g/mol. The number of rotatable bonds is 3. The van der Waals surface area contributed by atoms with Crippen LogP contribution in [0.15, 0.2) is 36.4 Å². The van der Waals surface area contributed by atoms with E-state index in [2.05, 4.69) is 0 Å². The van der Waals surface area contributed by atoms with E-state index >= 15 is 0 Å². The average Bonchev–Trinajstić information content (AvgIpc) is 2.53. The number of halogens is 2. The summed E-state index contributed by atoms with van der Waals surface area (Å²) in [5.41, 5.74) is 8.15. The number of hydrogen-bond acceptors (Lipinski definition) is 3. The summed E-state index contributed by atoms with van der Waals surface area (Å²) < 4.78 is 25.3. The topological polar surface area (TPSA) is 44.5 Å². The van der Waals surface area contributed by atoms with Gasteiger partial charge in [-0.05, 0) is 36.6 Å². The summed E-state index contributed by atoms with van der Waals surface area (Å²) >= 11 is 0. The molecule has 5 heteroatoms. The molecule has 2 aromatic carbocycles. The van der Waals surface area contributed by atoms with Crippen molar-refractivity contribution in [3.8, 4) is 22.6 Å². The van der Waals surface area contributed by atoms with Crippen molar-refractivity contribution in [1.82, 2.24) is 0 Å². The monoisotopic (exact) mass is 323 g/mol. The normalized spacial score (nSPS) is 16.2. The molecule has 1 atom stereocenters. The number of fused-ring (bicyclic) bond motifs is 1. The van der Waals surface area contributed by atoms with Gasteiger partial charge in [0.1, 0.15) is 23.4 Å². The molecule has 0 aliphatic carbocycles. The van der Waals surface area contributed by atoms with E-state index in [-0.39, 0.29) is 24.3 Å². The van der Waals surface area contributed by atoms with E-state index < -0.39 is 0 Å². The number of para-hydroxylation sites is 1. The second-order valence-electron chi connectivity index (χ2n) is 5.16. The third kappa shape index (κ3) is 3.03. The molecule has 22 heavy (non-hydrogen) atoms. The Labute approximate surface area is 135 Å². The van der Waals surface area contributed by atoms with Gasteiger partial charge >= 0.3 is 0 Å². The van der Waals surface area contributed by atoms with Crippen molar-refractivity contribution >= 4 is 12.4 Å². The molecule has 3 nitrogen and oxygen atoms in total. The molecule has 0 unspecified atom stereocenters. The third-order valence-electron chi connectivity index (χ3n) is 3.81. The summed E-state index contributed by atoms with van der Waals surface area (Å²) in [5, 5.41) is 0. The van der Waals surface area contributed by atoms with Crippen LogP contribution in [0.3, 0.4) is 0 Å². The van der Waals surface area contributed by atoms with Crippen LogP contribution < -0.4 is 15.2 Å². The van der Waals surface area contributed by atoms with E-state index in [1.165, 1.54) is 6.07 Å². The highest BCUT2D eigenvalue weighted by molar-refractivity contribution is 5.85. The van der Waals surface area contributed by atoms with E-state index in [0.29, 0.717) is 12.3 Å². The highest BCUT2D eigenvalue weighted by atomic mass is 35.5. The maximum atomic E-state index is 13.9. The number of benzene rings is 2. The van der Waals surface area contributed by atoms with Crippen LogP contribution in [0.5, 0.6) is 11.5 Å². The predicted octanol–water partition coefficient (Wildman–Crippen LogP) is 3.58. The van der Waals surface area contributed by atoms with Gasteiger partial charge in [-0.3, -0.25) is 0 Å². The van der Waals surface area contributed by atoms with Crippen LogP contribution in [0.1, 0.15) is 12.0 Å². The molecule has 2 aromatic rings. The van der Waals surface area contributed by atoms with Crippen molar-refractivity contribution in [3.63, 3.8) is 0 Å². The SMILES string of the molecule is COc1ccccc1-c1cc(F)cc2c1O[C@@H](CN)CC2.Cl. The smallest absolute Gasteiger partial charge is 0.131 e. The predicted molar refractivity (Wildman–Crippen MR) is 87.4 cm³/mol. The molecule has 0 fully saturated rings. The van der Waals surface area contributed by atoms with Gasteiger partial charge in [0.2, 0.25) is 0 Å². The fourth-order valence-corrected chi connectivity index (χ4v) is 2.75. The zero-order chi connectivity index (χ0) is 14.8. The molecule has 0 bridgehead atoms. The average molecular weight is 324 g/mol. The van der Waals surface area contributed by atoms with E-state index in [4.69, 9.17) is 15.2 Å². The summed E-state index contributed by atoms with van der Waals surface area (Å²) in [6.07, 6.45) is 1.58.